The molecule has 1 atom stereocenters. The molecule has 0 unspecified atom stereocenters. The molecular formula is C20H21N3O3. The summed E-state index contributed by atoms with van der Waals surface area (Å²) in [6.07, 6.45) is 0.179. The smallest absolute Gasteiger partial charge is 0.248 e. The molecule has 1 heterocycles. The molecular weight excluding hydrogens is 330 g/mol. The molecule has 1 fully saturated rings. The fourth-order valence-electron chi connectivity index (χ4n) is 3.11. The van der Waals surface area contributed by atoms with E-state index in [1.807, 2.05) is 32.0 Å². The highest BCUT2D eigenvalue weighted by Gasteiger charge is 2.35. The monoisotopic (exact) mass is 351 g/mol. The number of nitrogens with zero attached hydrogens (tertiary/aromatic N) is 1. The predicted octanol–water partition coefficient (Wildman–Crippen LogP) is 2.39. The number of anilines is 2. The van der Waals surface area contributed by atoms with Crippen LogP contribution in [0.2, 0.25) is 0 Å². The van der Waals surface area contributed by atoms with Gasteiger partial charge in [-0.2, -0.15) is 0 Å². The molecule has 2 aromatic rings. The average Bonchev–Trinajstić information content (AvgIpc) is 2.99. The maximum absolute atomic E-state index is 12.5. The Kier molecular flexibility index (Phi) is 4.75. The molecule has 6 heteroatoms. The van der Waals surface area contributed by atoms with Gasteiger partial charge >= 0.3 is 0 Å². The van der Waals surface area contributed by atoms with Gasteiger partial charge in [-0.25, -0.2) is 0 Å². The van der Waals surface area contributed by atoms with Crippen LogP contribution < -0.4 is 16.0 Å². The second kappa shape index (κ2) is 7.00. The van der Waals surface area contributed by atoms with Gasteiger partial charge in [-0.15, -0.1) is 0 Å². The topological polar surface area (TPSA) is 92.5 Å². The number of aryl methyl sites for hydroxylation is 1. The minimum Gasteiger partial charge on any atom is -0.366 e. The van der Waals surface area contributed by atoms with Gasteiger partial charge in [-0.05, 0) is 55.3 Å². The molecule has 0 radical (unpaired) electrons. The van der Waals surface area contributed by atoms with E-state index in [1.165, 1.54) is 0 Å². The van der Waals surface area contributed by atoms with E-state index in [-0.39, 0.29) is 18.2 Å². The minimum absolute atomic E-state index is 0.0528. The molecule has 3 amide bonds. The third-order valence-corrected chi connectivity index (χ3v) is 4.80. The highest BCUT2D eigenvalue weighted by molar-refractivity contribution is 6.04. The molecule has 2 aromatic carbocycles. The Balaban J connectivity index is 1.71. The molecule has 1 aliphatic rings. The highest BCUT2D eigenvalue weighted by Crippen LogP contribution is 2.30. The number of benzene rings is 2. The molecule has 0 bridgehead atoms. The molecule has 1 saturated heterocycles. The fourth-order valence-corrected chi connectivity index (χ4v) is 3.11. The van der Waals surface area contributed by atoms with Gasteiger partial charge in [0.15, 0.2) is 0 Å². The van der Waals surface area contributed by atoms with Crippen molar-refractivity contribution in [2.45, 2.75) is 20.3 Å². The number of nitrogens with one attached hydrogen (secondary N) is 1. The molecule has 134 valence electrons. The number of hydrogen-bond donors (Lipinski definition) is 2. The Morgan fingerprint density at radius 1 is 1.12 bits per heavy atom. The van der Waals surface area contributed by atoms with Gasteiger partial charge in [-0.1, -0.05) is 12.1 Å². The predicted molar refractivity (Wildman–Crippen MR) is 100.0 cm³/mol. The average molecular weight is 351 g/mol. The second-order valence-corrected chi connectivity index (χ2v) is 6.56. The Bertz CT molecular complexity index is 874. The van der Waals surface area contributed by atoms with E-state index >= 15 is 0 Å². The molecule has 0 spiro atoms. The van der Waals surface area contributed by atoms with Crippen LogP contribution in [-0.4, -0.2) is 24.3 Å². The standard InChI is InChI=1S/C20H21N3O3/c1-12-4-3-5-17(13(12)2)23-11-15(10-18(23)24)20(26)22-16-8-6-14(7-9-16)19(21)25/h3-9,15H,10-11H2,1-2H3,(H2,21,25)(H,22,26)/t15-/m1/s1. The second-order valence-electron chi connectivity index (χ2n) is 6.56. The van der Waals surface area contributed by atoms with Crippen LogP contribution in [0.25, 0.3) is 0 Å². The first-order chi connectivity index (χ1) is 12.4. The molecule has 0 aromatic heterocycles. The van der Waals surface area contributed by atoms with Crippen molar-refractivity contribution in [2.24, 2.45) is 11.7 Å². The van der Waals surface area contributed by atoms with Crippen molar-refractivity contribution in [3.8, 4) is 0 Å². The Morgan fingerprint density at radius 3 is 2.46 bits per heavy atom. The van der Waals surface area contributed by atoms with Crippen LogP contribution in [0.3, 0.4) is 0 Å². The van der Waals surface area contributed by atoms with Gasteiger partial charge in [-0.3, -0.25) is 14.4 Å². The first kappa shape index (κ1) is 17.7. The van der Waals surface area contributed by atoms with E-state index < -0.39 is 11.8 Å². The Labute approximate surface area is 152 Å². The van der Waals surface area contributed by atoms with E-state index in [0.29, 0.717) is 17.8 Å². The van der Waals surface area contributed by atoms with Gasteiger partial charge in [0, 0.05) is 29.9 Å². The van der Waals surface area contributed by atoms with Crippen LogP contribution in [0, 0.1) is 19.8 Å². The largest absolute Gasteiger partial charge is 0.366 e. The van der Waals surface area contributed by atoms with E-state index in [9.17, 15) is 14.4 Å². The van der Waals surface area contributed by atoms with Crippen LogP contribution in [0.1, 0.15) is 27.9 Å². The number of amides is 3. The maximum atomic E-state index is 12.5. The van der Waals surface area contributed by atoms with Gasteiger partial charge in [0.05, 0.1) is 5.92 Å². The van der Waals surface area contributed by atoms with Crippen LogP contribution >= 0.6 is 0 Å². The van der Waals surface area contributed by atoms with Crippen molar-refractivity contribution in [2.75, 3.05) is 16.8 Å². The fraction of sp³-hybridized carbons (Fsp3) is 0.250. The summed E-state index contributed by atoms with van der Waals surface area (Å²) in [5.41, 5.74) is 9.16. The SMILES string of the molecule is Cc1cccc(N2C[C@H](C(=O)Nc3ccc(C(N)=O)cc3)CC2=O)c1C. The summed E-state index contributed by atoms with van der Waals surface area (Å²) in [6, 6.07) is 12.2. The van der Waals surface area contributed by atoms with E-state index in [2.05, 4.69) is 5.32 Å². The first-order valence-corrected chi connectivity index (χ1v) is 8.44. The van der Waals surface area contributed by atoms with Crippen molar-refractivity contribution >= 4 is 29.1 Å². The summed E-state index contributed by atoms with van der Waals surface area (Å²) >= 11 is 0. The lowest BCUT2D eigenvalue weighted by atomic mass is 10.1. The zero-order valence-corrected chi connectivity index (χ0v) is 14.8. The number of carbonyl (C=O) groups excluding carboxylic acids is 3. The summed E-state index contributed by atoms with van der Waals surface area (Å²) in [5, 5.41) is 2.80. The highest BCUT2D eigenvalue weighted by atomic mass is 16.2. The summed E-state index contributed by atoms with van der Waals surface area (Å²) in [6.45, 7) is 4.33. The van der Waals surface area contributed by atoms with Gasteiger partial charge < -0.3 is 16.0 Å². The van der Waals surface area contributed by atoms with Crippen LogP contribution in [0.5, 0.6) is 0 Å². The van der Waals surface area contributed by atoms with E-state index in [4.69, 9.17) is 5.73 Å². The normalized spacial score (nSPS) is 16.6. The summed E-state index contributed by atoms with van der Waals surface area (Å²) in [4.78, 5) is 37.7. The molecule has 0 saturated carbocycles. The molecule has 26 heavy (non-hydrogen) atoms. The number of nitrogens with two attached hydrogens (primary N) is 1. The lowest BCUT2D eigenvalue weighted by molar-refractivity contribution is -0.122. The zero-order valence-electron chi connectivity index (χ0n) is 14.8. The third kappa shape index (κ3) is 3.44. The maximum Gasteiger partial charge on any atom is 0.248 e. The molecule has 6 nitrogen and oxygen atoms in total. The summed E-state index contributed by atoms with van der Waals surface area (Å²) in [5.74, 6) is -1.20. The van der Waals surface area contributed by atoms with Gasteiger partial charge in [0.25, 0.3) is 0 Å². The van der Waals surface area contributed by atoms with Crippen molar-refractivity contribution in [3.05, 3.63) is 59.2 Å². The number of hydrogen-bond acceptors (Lipinski definition) is 3. The molecule has 3 rings (SSSR count). The molecule has 3 N–H and O–H groups in total. The molecule has 1 aliphatic heterocycles. The lowest BCUT2D eigenvalue weighted by Crippen LogP contribution is -2.28. The number of rotatable bonds is 4. The van der Waals surface area contributed by atoms with Crippen LogP contribution in [-0.2, 0) is 9.59 Å². The summed E-state index contributed by atoms with van der Waals surface area (Å²) < 4.78 is 0. The van der Waals surface area contributed by atoms with E-state index in [0.717, 1.165) is 16.8 Å². The van der Waals surface area contributed by atoms with Crippen molar-refractivity contribution < 1.29 is 14.4 Å². The molecule has 0 aliphatic carbocycles. The van der Waals surface area contributed by atoms with Crippen LogP contribution in [0.4, 0.5) is 11.4 Å². The van der Waals surface area contributed by atoms with Gasteiger partial charge in [0.1, 0.15) is 0 Å². The zero-order chi connectivity index (χ0) is 18.8. The van der Waals surface area contributed by atoms with Crippen LogP contribution in [0.15, 0.2) is 42.5 Å². The van der Waals surface area contributed by atoms with Crippen molar-refractivity contribution in [1.29, 1.82) is 0 Å². The van der Waals surface area contributed by atoms with Crippen molar-refractivity contribution in [3.63, 3.8) is 0 Å². The van der Waals surface area contributed by atoms with Gasteiger partial charge in [0.2, 0.25) is 17.7 Å². The summed E-state index contributed by atoms with van der Waals surface area (Å²) in [7, 11) is 0. The minimum atomic E-state index is -0.520. The Hall–Kier alpha value is -3.15. The lowest BCUT2D eigenvalue weighted by Gasteiger charge is -2.20. The van der Waals surface area contributed by atoms with Crippen molar-refractivity contribution in [1.82, 2.24) is 0 Å². The number of primary amides is 1. The Morgan fingerprint density at radius 2 is 1.81 bits per heavy atom. The quantitative estimate of drug-likeness (QED) is 0.886. The van der Waals surface area contributed by atoms with E-state index in [1.54, 1.807) is 29.2 Å². The first-order valence-electron chi connectivity index (χ1n) is 8.44. The number of carbonyl (C=O) groups is 3. The third-order valence-electron chi connectivity index (χ3n) is 4.80.